The minimum Gasteiger partial charge on any atom is -0.496 e. The molecule has 11 heteroatoms. The molecule has 0 aliphatic heterocycles. The highest BCUT2D eigenvalue weighted by molar-refractivity contribution is 7.89. The van der Waals surface area contributed by atoms with Gasteiger partial charge in [-0.2, -0.15) is 4.99 Å². The average molecular weight is 486 g/mol. The molecular weight excluding hydrogens is 466 g/mol. The van der Waals surface area contributed by atoms with Gasteiger partial charge in [0.1, 0.15) is 12.3 Å². The summed E-state index contributed by atoms with van der Waals surface area (Å²) in [6.07, 6.45) is 0. The molecule has 0 saturated heterocycles. The number of aromatic nitrogens is 1. The van der Waals surface area contributed by atoms with Crippen molar-refractivity contribution in [1.82, 2.24) is 4.57 Å². The number of sulfonamides is 1. The number of amides is 1. The maximum Gasteiger partial charge on any atom is 0.325 e. The Hall–Kier alpha value is -3.54. The number of carbonyl (C=O) groups excluding carboxylic acids is 2. The topological polar surface area (TPSA) is 130 Å². The van der Waals surface area contributed by atoms with Crippen LogP contribution in [0.3, 0.4) is 0 Å². The van der Waals surface area contributed by atoms with E-state index in [1.54, 1.807) is 12.1 Å². The highest BCUT2D eigenvalue weighted by atomic mass is 32.2. The van der Waals surface area contributed by atoms with Crippen LogP contribution in [0.4, 0.5) is 0 Å². The van der Waals surface area contributed by atoms with E-state index in [0.29, 0.717) is 16.0 Å². The lowest BCUT2D eigenvalue weighted by Crippen LogP contribution is -2.22. The van der Waals surface area contributed by atoms with Crippen molar-refractivity contribution in [2.75, 3.05) is 14.2 Å². The van der Waals surface area contributed by atoms with Crippen LogP contribution in [-0.4, -0.2) is 39.1 Å². The van der Waals surface area contributed by atoms with Gasteiger partial charge in [0.05, 0.1) is 34.9 Å². The lowest BCUT2D eigenvalue weighted by molar-refractivity contribution is -0.141. The van der Waals surface area contributed by atoms with Crippen molar-refractivity contribution in [2.24, 2.45) is 10.1 Å². The maximum atomic E-state index is 13.2. The second-order valence-electron chi connectivity index (χ2n) is 7.04. The molecule has 33 heavy (non-hydrogen) atoms. The number of ether oxygens (including phenoxy) is 2. The second-order valence-corrected chi connectivity index (χ2v) is 9.61. The first-order valence-electron chi connectivity index (χ1n) is 9.60. The van der Waals surface area contributed by atoms with E-state index in [2.05, 4.69) is 4.99 Å². The third-order valence-electron chi connectivity index (χ3n) is 4.99. The summed E-state index contributed by atoms with van der Waals surface area (Å²) in [5.74, 6) is -0.767. The van der Waals surface area contributed by atoms with E-state index < -0.39 is 21.9 Å². The quantitative estimate of drug-likeness (QED) is 0.432. The molecule has 4 rings (SSSR count). The number of primary sulfonamides is 1. The molecule has 0 bridgehead atoms. The Balaban J connectivity index is 1.91. The van der Waals surface area contributed by atoms with Crippen molar-refractivity contribution >= 4 is 54.2 Å². The molecule has 1 heterocycles. The average Bonchev–Trinajstić information content (AvgIpc) is 3.13. The SMILES string of the molecule is COC(=O)Cn1c(=NC(=O)c2cc3ccccc3cc2OC)sc2cc(S(N)(=O)=O)ccc21. The van der Waals surface area contributed by atoms with E-state index in [1.165, 1.54) is 37.0 Å². The van der Waals surface area contributed by atoms with Crippen molar-refractivity contribution in [3.63, 3.8) is 0 Å². The molecular formula is C22H19N3O6S2. The van der Waals surface area contributed by atoms with E-state index in [0.717, 1.165) is 22.1 Å². The Morgan fingerprint density at radius 2 is 1.76 bits per heavy atom. The number of carbonyl (C=O) groups is 2. The van der Waals surface area contributed by atoms with Gasteiger partial charge in [0.2, 0.25) is 10.0 Å². The van der Waals surface area contributed by atoms with Crippen molar-refractivity contribution < 1.29 is 27.5 Å². The van der Waals surface area contributed by atoms with Crippen LogP contribution < -0.4 is 14.7 Å². The van der Waals surface area contributed by atoms with Crippen LogP contribution in [0.25, 0.3) is 21.0 Å². The van der Waals surface area contributed by atoms with Crippen molar-refractivity contribution in [2.45, 2.75) is 11.4 Å². The van der Waals surface area contributed by atoms with Gasteiger partial charge in [-0.3, -0.25) is 9.59 Å². The Morgan fingerprint density at radius 3 is 2.39 bits per heavy atom. The van der Waals surface area contributed by atoms with Gasteiger partial charge in [-0.25, -0.2) is 13.6 Å². The van der Waals surface area contributed by atoms with Gasteiger partial charge < -0.3 is 14.0 Å². The zero-order valence-electron chi connectivity index (χ0n) is 17.6. The fraction of sp³-hybridized carbons (Fsp3) is 0.136. The molecule has 0 fully saturated rings. The molecule has 1 amide bonds. The third-order valence-corrected chi connectivity index (χ3v) is 6.95. The monoisotopic (exact) mass is 485 g/mol. The molecule has 4 aromatic rings. The zero-order chi connectivity index (χ0) is 23.8. The van der Waals surface area contributed by atoms with Gasteiger partial charge in [-0.05, 0) is 41.1 Å². The van der Waals surface area contributed by atoms with Crippen LogP contribution in [0.1, 0.15) is 10.4 Å². The van der Waals surface area contributed by atoms with Gasteiger partial charge in [0.25, 0.3) is 5.91 Å². The van der Waals surface area contributed by atoms with E-state index in [-0.39, 0.29) is 21.8 Å². The molecule has 3 aromatic carbocycles. The highest BCUT2D eigenvalue weighted by Gasteiger charge is 2.17. The maximum absolute atomic E-state index is 13.2. The van der Waals surface area contributed by atoms with Gasteiger partial charge >= 0.3 is 5.97 Å². The number of nitrogens with two attached hydrogens (primary N) is 1. The van der Waals surface area contributed by atoms with E-state index in [9.17, 15) is 18.0 Å². The lowest BCUT2D eigenvalue weighted by Gasteiger charge is -2.08. The minimum absolute atomic E-state index is 0.0875. The van der Waals surface area contributed by atoms with E-state index in [1.807, 2.05) is 24.3 Å². The van der Waals surface area contributed by atoms with Crippen molar-refractivity contribution in [3.05, 3.63) is 65.0 Å². The number of esters is 1. The summed E-state index contributed by atoms with van der Waals surface area (Å²) >= 11 is 1.05. The summed E-state index contributed by atoms with van der Waals surface area (Å²) in [4.78, 5) is 29.5. The Kier molecular flexibility index (Phi) is 6.02. The van der Waals surface area contributed by atoms with Gasteiger partial charge in [-0.15, -0.1) is 0 Å². The van der Waals surface area contributed by atoms with Crippen LogP contribution in [0, 0.1) is 0 Å². The normalized spacial score (nSPS) is 12.3. The number of thiazole rings is 1. The zero-order valence-corrected chi connectivity index (χ0v) is 19.3. The number of hydrogen-bond acceptors (Lipinski definition) is 7. The summed E-state index contributed by atoms with van der Waals surface area (Å²) in [6.45, 7) is -0.216. The summed E-state index contributed by atoms with van der Waals surface area (Å²) in [6, 6.07) is 15.2. The molecule has 0 aliphatic carbocycles. The van der Waals surface area contributed by atoms with Crippen molar-refractivity contribution in [1.29, 1.82) is 0 Å². The molecule has 0 unspecified atom stereocenters. The van der Waals surface area contributed by atoms with Gasteiger partial charge in [0, 0.05) is 0 Å². The third kappa shape index (κ3) is 4.51. The van der Waals surface area contributed by atoms with Crippen LogP contribution >= 0.6 is 11.3 Å². The smallest absolute Gasteiger partial charge is 0.325 e. The first-order chi connectivity index (χ1) is 15.7. The molecule has 9 nitrogen and oxygen atoms in total. The fourth-order valence-corrected chi connectivity index (χ4v) is 5.05. The molecule has 0 atom stereocenters. The first-order valence-corrected chi connectivity index (χ1v) is 12.0. The number of nitrogens with zero attached hydrogens (tertiary/aromatic N) is 2. The Labute approximate surface area is 192 Å². The predicted octanol–water partition coefficient (Wildman–Crippen LogP) is 2.43. The summed E-state index contributed by atoms with van der Waals surface area (Å²) in [5.41, 5.74) is 0.762. The number of rotatable bonds is 5. The minimum atomic E-state index is -3.93. The molecule has 1 aromatic heterocycles. The predicted molar refractivity (Wildman–Crippen MR) is 124 cm³/mol. The molecule has 2 N–H and O–H groups in total. The van der Waals surface area contributed by atoms with Crippen molar-refractivity contribution in [3.8, 4) is 5.75 Å². The van der Waals surface area contributed by atoms with Crippen LogP contribution in [0.15, 0.2) is 64.5 Å². The van der Waals surface area contributed by atoms with Crippen LogP contribution in [-0.2, 0) is 26.1 Å². The largest absolute Gasteiger partial charge is 0.496 e. The van der Waals surface area contributed by atoms with Gasteiger partial charge in [-0.1, -0.05) is 35.6 Å². The second kappa shape index (κ2) is 8.77. The number of fused-ring (bicyclic) bond motifs is 2. The fourth-order valence-electron chi connectivity index (χ4n) is 3.36. The molecule has 0 saturated carbocycles. The van der Waals surface area contributed by atoms with E-state index >= 15 is 0 Å². The molecule has 0 spiro atoms. The highest BCUT2D eigenvalue weighted by Crippen LogP contribution is 2.27. The first kappa shape index (κ1) is 22.6. The standard InChI is InChI=1S/C22H19N3O6S2/c1-30-18-10-14-6-4-3-5-13(14)9-16(18)21(27)24-22-25(12-20(26)31-2)17-8-7-15(33(23,28)29)11-19(17)32-22/h3-11H,12H2,1-2H3,(H2,23,28,29). The van der Waals surface area contributed by atoms with Crippen LogP contribution in [0.5, 0.6) is 5.75 Å². The molecule has 0 radical (unpaired) electrons. The van der Waals surface area contributed by atoms with Crippen LogP contribution in [0.2, 0.25) is 0 Å². The van der Waals surface area contributed by atoms with E-state index in [4.69, 9.17) is 14.6 Å². The van der Waals surface area contributed by atoms with Gasteiger partial charge in [0.15, 0.2) is 4.80 Å². The summed E-state index contributed by atoms with van der Waals surface area (Å²) < 4.78 is 35.6. The number of hydrogen-bond donors (Lipinski definition) is 1. The lowest BCUT2D eigenvalue weighted by atomic mass is 10.1. The number of methoxy groups -OCH3 is 2. The Morgan fingerprint density at radius 1 is 1.06 bits per heavy atom. The molecule has 0 aliphatic rings. The summed E-state index contributed by atoms with van der Waals surface area (Å²) in [5, 5.41) is 6.98. The Bertz CT molecular complexity index is 1590. The molecule has 170 valence electrons. The number of benzene rings is 3. The summed E-state index contributed by atoms with van der Waals surface area (Å²) in [7, 11) is -1.22.